The van der Waals surface area contributed by atoms with E-state index in [9.17, 15) is 1.37 Å². The second kappa shape index (κ2) is 12.5. The molecule has 222 valence electrons. The van der Waals surface area contributed by atoms with Crippen LogP contribution in [0.3, 0.4) is 0 Å². The van der Waals surface area contributed by atoms with Crippen LogP contribution in [-0.2, 0) is 0 Å². The zero-order chi connectivity index (χ0) is 35.0. The molecular formula is C42H35N3Si. The van der Waals surface area contributed by atoms with Crippen LogP contribution in [0.1, 0.15) is 5.48 Å². The first kappa shape index (κ1) is 24.8. The Hall–Kier alpha value is -5.45. The van der Waals surface area contributed by atoms with Crippen molar-refractivity contribution in [2.75, 3.05) is 0 Å². The van der Waals surface area contributed by atoms with Crippen molar-refractivity contribution in [3.8, 4) is 67.5 Å². The van der Waals surface area contributed by atoms with Crippen LogP contribution < -0.4 is 5.19 Å². The molecule has 0 radical (unpaired) electrons. The number of aromatic nitrogens is 3. The van der Waals surface area contributed by atoms with Gasteiger partial charge < -0.3 is 0 Å². The van der Waals surface area contributed by atoms with Crippen molar-refractivity contribution in [3.63, 3.8) is 0 Å². The fraction of sp³-hybridized carbons (Fsp3) is 0.0714. The largest absolute Gasteiger partial charge is 0.208 e. The predicted molar refractivity (Wildman–Crippen MR) is 195 cm³/mol. The van der Waals surface area contributed by atoms with Gasteiger partial charge >= 0.3 is 0 Å². The van der Waals surface area contributed by atoms with Crippen LogP contribution in [-0.4, -0.2) is 23.0 Å². The van der Waals surface area contributed by atoms with E-state index in [0.29, 0.717) is 39.7 Å². The van der Waals surface area contributed by atoms with Gasteiger partial charge in [-0.1, -0.05) is 164 Å². The van der Waals surface area contributed by atoms with Gasteiger partial charge in [0.25, 0.3) is 0 Å². The lowest BCUT2D eigenvalue weighted by Gasteiger charge is -2.17. The summed E-state index contributed by atoms with van der Waals surface area (Å²) in [5.74, 6) is 1.52. The summed E-state index contributed by atoms with van der Waals surface area (Å²) in [4.78, 5) is 14.5. The van der Waals surface area contributed by atoms with Crippen molar-refractivity contribution in [1.82, 2.24) is 15.0 Å². The summed E-state index contributed by atoms with van der Waals surface area (Å²) in [6.45, 7) is 6.97. The molecule has 0 spiro atoms. The summed E-state index contributed by atoms with van der Waals surface area (Å²) in [6.07, 6.45) is 0. The average Bonchev–Trinajstić information content (AvgIpc) is 3.14. The average molecular weight is 614 g/mol. The van der Waals surface area contributed by atoms with E-state index in [2.05, 4.69) is 43.9 Å². The standard InChI is InChI=1S/C42H35N3Si/c1-46(2,3)39-25-23-30(24-26-39)33-17-10-18-34(27-33)35-19-11-20-36(28-35)37-21-12-22-38(29-37)42-44-40(31-13-6-4-7-14-31)43-41(45-42)32-15-8-5-9-16-32/h4-29H,1-3H3/i11D,19D,20D,28D. The van der Waals surface area contributed by atoms with Crippen LogP contribution in [0.5, 0.6) is 0 Å². The quantitative estimate of drug-likeness (QED) is 0.168. The van der Waals surface area contributed by atoms with E-state index >= 15 is 0 Å². The van der Waals surface area contributed by atoms with E-state index in [1.54, 1.807) is 0 Å². The van der Waals surface area contributed by atoms with E-state index < -0.39 is 8.07 Å². The lowest BCUT2D eigenvalue weighted by Crippen LogP contribution is -2.37. The van der Waals surface area contributed by atoms with E-state index in [0.717, 1.165) is 22.3 Å². The summed E-state index contributed by atoms with van der Waals surface area (Å²) >= 11 is 0. The zero-order valence-electron chi connectivity index (χ0n) is 30.0. The first-order valence-corrected chi connectivity index (χ1v) is 18.9. The van der Waals surface area contributed by atoms with Gasteiger partial charge in [-0.25, -0.2) is 15.0 Å². The molecule has 0 saturated carbocycles. The highest BCUT2D eigenvalue weighted by atomic mass is 28.3. The molecule has 0 unspecified atom stereocenters. The van der Waals surface area contributed by atoms with Gasteiger partial charge in [-0.05, 0) is 51.6 Å². The Morgan fingerprint density at radius 3 is 1.33 bits per heavy atom. The first-order valence-electron chi connectivity index (χ1n) is 17.4. The Bertz CT molecular complexity index is 2280. The lowest BCUT2D eigenvalue weighted by atomic mass is 9.95. The molecule has 46 heavy (non-hydrogen) atoms. The molecular weight excluding hydrogens is 575 g/mol. The molecule has 0 N–H and O–H groups in total. The molecule has 0 aliphatic carbocycles. The highest BCUT2D eigenvalue weighted by Gasteiger charge is 2.16. The highest BCUT2D eigenvalue weighted by molar-refractivity contribution is 6.88. The van der Waals surface area contributed by atoms with E-state index in [-0.39, 0.29) is 29.7 Å². The molecule has 0 amide bonds. The fourth-order valence-corrected chi connectivity index (χ4v) is 6.57. The molecule has 0 bridgehead atoms. The second-order valence-corrected chi connectivity index (χ2v) is 17.4. The normalized spacial score (nSPS) is 12.6. The summed E-state index contributed by atoms with van der Waals surface area (Å²) in [5, 5.41) is 1.38. The Morgan fingerprint density at radius 1 is 0.413 bits per heavy atom. The minimum atomic E-state index is -1.45. The molecule has 0 aliphatic heterocycles. The second-order valence-electron chi connectivity index (χ2n) is 12.3. The van der Waals surface area contributed by atoms with Crippen LogP contribution in [0.25, 0.3) is 67.5 Å². The van der Waals surface area contributed by atoms with Gasteiger partial charge in [-0.2, -0.15) is 0 Å². The Kier molecular flexibility index (Phi) is 6.75. The third-order valence-electron chi connectivity index (χ3n) is 7.97. The number of rotatable bonds is 7. The van der Waals surface area contributed by atoms with Crippen LogP contribution in [0.15, 0.2) is 158 Å². The molecule has 7 aromatic rings. The molecule has 3 nitrogen and oxygen atoms in total. The summed E-state index contributed by atoms with van der Waals surface area (Å²) in [6, 6.07) is 42.9. The highest BCUT2D eigenvalue weighted by Crippen LogP contribution is 2.32. The van der Waals surface area contributed by atoms with Gasteiger partial charge in [0.2, 0.25) is 0 Å². The van der Waals surface area contributed by atoms with Gasteiger partial charge in [-0.15, -0.1) is 0 Å². The molecule has 1 heterocycles. The van der Waals surface area contributed by atoms with Crippen LogP contribution in [0, 0.1) is 0 Å². The van der Waals surface area contributed by atoms with E-state index in [1.165, 1.54) is 5.19 Å². The van der Waals surface area contributed by atoms with Crippen molar-refractivity contribution >= 4 is 13.3 Å². The molecule has 1 aromatic heterocycles. The molecule has 7 rings (SSSR count). The van der Waals surface area contributed by atoms with Crippen molar-refractivity contribution < 1.29 is 5.48 Å². The van der Waals surface area contributed by atoms with Gasteiger partial charge in [0, 0.05) is 16.7 Å². The van der Waals surface area contributed by atoms with Crippen LogP contribution in [0.2, 0.25) is 19.6 Å². The number of hydrogen-bond donors (Lipinski definition) is 0. The van der Waals surface area contributed by atoms with Gasteiger partial charge in [0.15, 0.2) is 17.5 Å². The molecule has 6 aromatic carbocycles. The van der Waals surface area contributed by atoms with Gasteiger partial charge in [-0.3, -0.25) is 0 Å². The maximum absolute atomic E-state index is 9.38. The maximum atomic E-state index is 9.38. The van der Waals surface area contributed by atoms with Crippen molar-refractivity contribution in [1.29, 1.82) is 0 Å². The summed E-state index contributed by atoms with van der Waals surface area (Å²) < 4.78 is 36.0. The van der Waals surface area contributed by atoms with Gasteiger partial charge in [0.05, 0.1) is 13.6 Å². The van der Waals surface area contributed by atoms with Crippen LogP contribution >= 0.6 is 0 Å². The Morgan fingerprint density at radius 2 is 0.826 bits per heavy atom. The SMILES string of the molecule is [2H]c1c([2H])c(-c2cccc(-c3ccc([Si](C)(C)C)cc3)c2)c([2H])c(-c2cccc(-c3nc(-c4ccccc4)nc(-c4ccccc4)n3)c2)c1[2H]. The van der Waals surface area contributed by atoms with Crippen molar-refractivity contribution in [3.05, 3.63) is 158 Å². The Labute approximate surface area is 278 Å². The van der Waals surface area contributed by atoms with Crippen molar-refractivity contribution in [2.45, 2.75) is 19.6 Å². The first-order chi connectivity index (χ1) is 24.1. The molecule has 4 heteroatoms. The number of benzene rings is 6. The minimum Gasteiger partial charge on any atom is -0.208 e. The molecule has 0 aliphatic rings. The van der Waals surface area contributed by atoms with E-state index in [1.807, 2.05) is 109 Å². The predicted octanol–water partition coefficient (Wildman–Crippen LogP) is 10.4. The number of nitrogens with zero attached hydrogens (tertiary/aromatic N) is 3. The number of hydrogen-bond acceptors (Lipinski definition) is 3. The monoisotopic (exact) mass is 613 g/mol. The molecule has 0 atom stereocenters. The zero-order valence-corrected chi connectivity index (χ0v) is 27.0. The maximum Gasteiger partial charge on any atom is 0.164 e. The topological polar surface area (TPSA) is 38.7 Å². The van der Waals surface area contributed by atoms with Gasteiger partial charge in [0.1, 0.15) is 0 Å². The third-order valence-corrected chi connectivity index (χ3v) is 10.0. The third kappa shape index (κ3) is 6.34. The smallest absolute Gasteiger partial charge is 0.164 e. The van der Waals surface area contributed by atoms with Crippen molar-refractivity contribution in [2.24, 2.45) is 0 Å². The summed E-state index contributed by atoms with van der Waals surface area (Å²) in [5.41, 5.74) is 6.26. The van der Waals surface area contributed by atoms with Crippen LogP contribution in [0.4, 0.5) is 0 Å². The van der Waals surface area contributed by atoms with E-state index in [4.69, 9.17) is 19.1 Å². The fourth-order valence-electron chi connectivity index (χ4n) is 5.40. The Balaban J connectivity index is 1.34. The lowest BCUT2D eigenvalue weighted by molar-refractivity contribution is 1.07. The summed E-state index contributed by atoms with van der Waals surface area (Å²) in [7, 11) is -1.45. The minimum absolute atomic E-state index is 0.0324. The molecule has 0 saturated heterocycles. The molecule has 0 fully saturated rings.